The molecule has 0 bridgehead atoms. The Balaban J connectivity index is 0.000000281. The van der Waals surface area contributed by atoms with Crippen molar-refractivity contribution in [2.24, 2.45) is 0 Å². The van der Waals surface area contributed by atoms with Gasteiger partial charge in [-0.3, -0.25) is 0 Å². The fourth-order valence-corrected chi connectivity index (χ4v) is 4.58. The predicted molar refractivity (Wildman–Crippen MR) is 123 cm³/mol. The number of hydrogen-bond acceptors (Lipinski definition) is 6. The number of fused-ring (bicyclic) bond motifs is 2. The largest absolute Gasteiger partial charge is 0.486 e. The van der Waals surface area contributed by atoms with Crippen LogP contribution in [0.5, 0.6) is 11.5 Å². The molecule has 2 aliphatic heterocycles. The minimum atomic E-state index is -1.26. The van der Waals surface area contributed by atoms with E-state index in [1.165, 1.54) is 23.2 Å². The van der Waals surface area contributed by atoms with Crippen LogP contribution >= 0.6 is 0 Å². The van der Waals surface area contributed by atoms with E-state index in [0.29, 0.717) is 37.4 Å². The van der Waals surface area contributed by atoms with Crippen molar-refractivity contribution >= 4 is 17.6 Å². The van der Waals surface area contributed by atoms with Gasteiger partial charge in [0.15, 0.2) is 11.5 Å². The number of nitrogens with one attached hydrogen (secondary N) is 1. The first-order chi connectivity index (χ1) is 16.0. The minimum Gasteiger partial charge on any atom is -0.486 e. The molecule has 3 aliphatic rings. The molecule has 2 heterocycles. The number of ether oxygens (including phenoxy) is 2. The first-order valence-corrected chi connectivity index (χ1v) is 11.1. The molecule has 1 saturated heterocycles. The molecular formula is C25H28N2O6. The minimum absolute atomic E-state index is 0.541. The van der Waals surface area contributed by atoms with Crippen LogP contribution in [0, 0.1) is 0 Å². The Morgan fingerprint density at radius 2 is 1.58 bits per heavy atom. The zero-order valence-corrected chi connectivity index (χ0v) is 18.3. The first kappa shape index (κ1) is 22.7. The molecule has 1 atom stereocenters. The summed E-state index contributed by atoms with van der Waals surface area (Å²) >= 11 is 0. The average Bonchev–Trinajstić information content (AvgIpc) is 3.44. The van der Waals surface area contributed by atoms with Gasteiger partial charge in [-0.05, 0) is 42.5 Å². The van der Waals surface area contributed by atoms with Gasteiger partial charge in [-0.2, -0.15) is 0 Å². The van der Waals surface area contributed by atoms with Gasteiger partial charge in [0.1, 0.15) is 13.2 Å². The summed E-state index contributed by atoms with van der Waals surface area (Å²) in [6.07, 6.45) is 4.61. The number of nitrogens with zero attached hydrogens (tertiary/aromatic N) is 1. The van der Waals surface area contributed by atoms with Crippen LogP contribution in [0.2, 0.25) is 0 Å². The highest BCUT2D eigenvalue weighted by Crippen LogP contribution is 2.40. The Morgan fingerprint density at radius 1 is 0.909 bits per heavy atom. The average molecular weight is 453 g/mol. The van der Waals surface area contributed by atoms with E-state index in [1.807, 2.05) is 6.07 Å². The lowest BCUT2D eigenvalue weighted by atomic mass is 10.1. The van der Waals surface area contributed by atoms with E-state index < -0.39 is 11.9 Å². The molecule has 0 saturated carbocycles. The molecule has 5 rings (SSSR count). The molecule has 2 aromatic carbocycles. The molecular weight excluding hydrogens is 424 g/mol. The molecule has 1 fully saturated rings. The van der Waals surface area contributed by atoms with Gasteiger partial charge in [0.2, 0.25) is 0 Å². The highest BCUT2D eigenvalue weighted by Gasteiger charge is 2.30. The number of aliphatic carboxylic acids is 2. The summed E-state index contributed by atoms with van der Waals surface area (Å²) in [7, 11) is 0. The van der Waals surface area contributed by atoms with E-state index in [1.54, 1.807) is 0 Å². The predicted octanol–water partition coefficient (Wildman–Crippen LogP) is 2.51. The zero-order chi connectivity index (χ0) is 23.2. The quantitative estimate of drug-likeness (QED) is 0.594. The van der Waals surface area contributed by atoms with E-state index >= 15 is 0 Å². The lowest BCUT2D eigenvalue weighted by molar-refractivity contribution is -0.134. The summed E-state index contributed by atoms with van der Waals surface area (Å²) in [6.45, 7) is 3.38. The van der Waals surface area contributed by atoms with Crippen molar-refractivity contribution in [2.45, 2.75) is 31.3 Å². The van der Waals surface area contributed by atoms with Crippen LogP contribution < -0.4 is 19.7 Å². The Kier molecular flexibility index (Phi) is 7.14. The topological polar surface area (TPSA) is 108 Å². The maximum Gasteiger partial charge on any atom is 0.328 e. The third-order valence-electron chi connectivity index (χ3n) is 5.97. The lowest BCUT2D eigenvalue weighted by Crippen LogP contribution is -2.40. The first-order valence-electron chi connectivity index (χ1n) is 11.1. The summed E-state index contributed by atoms with van der Waals surface area (Å²) in [4.78, 5) is 21.5. The van der Waals surface area contributed by atoms with Gasteiger partial charge >= 0.3 is 11.9 Å². The van der Waals surface area contributed by atoms with Crippen molar-refractivity contribution in [3.8, 4) is 11.5 Å². The number of carbonyl (C=O) groups is 2. The summed E-state index contributed by atoms with van der Waals surface area (Å²) in [5.41, 5.74) is 4.20. The molecule has 0 spiro atoms. The van der Waals surface area contributed by atoms with Crippen molar-refractivity contribution < 1.29 is 29.3 Å². The zero-order valence-electron chi connectivity index (χ0n) is 18.3. The highest BCUT2D eigenvalue weighted by molar-refractivity contribution is 5.89. The van der Waals surface area contributed by atoms with Gasteiger partial charge < -0.3 is 29.9 Å². The van der Waals surface area contributed by atoms with Crippen molar-refractivity contribution in [3.05, 3.63) is 65.7 Å². The Bertz CT molecular complexity index is 996. The van der Waals surface area contributed by atoms with Crippen molar-refractivity contribution in [2.75, 3.05) is 31.2 Å². The van der Waals surface area contributed by atoms with E-state index in [4.69, 9.17) is 19.7 Å². The number of carboxylic acids is 2. The molecule has 33 heavy (non-hydrogen) atoms. The smallest absolute Gasteiger partial charge is 0.328 e. The van der Waals surface area contributed by atoms with Crippen LogP contribution in [0.1, 0.15) is 17.5 Å². The Hall–Kier alpha value is -3.52. The van der Waals surface area contributed by atoms with Crippen molar-refractivity contribution in [3.63, 3.8) is 0 Å². The normalized spacial score (nSPS) is 19.2. The van der Waals surface area contributed by atoms with Crippen LogP contribution in [-0.2, 0) is 22.4 Å². The number of hydrogen-bond donors (Lipinski definition) is 3. The molecule has 174 valence electrons. The van der Waals surface area contributed by atoms with E-state index in [2.05, 4.69) is 46.6 Å². The molecule has 8 nitrogen and oxygen atoms in total. The standard InChI is InChI=1S/C21H24N2O2.C4H4O4/c1-2-5-16-13-18(12-15(16)4-1)22-17-8-9-23(14-17)19-6-3-7-20-21(19)25-11-10-24-20;5-3(6)1-2-4(7)8/h1-7,17-18,22H,8-14H2;1-2H,(H,5,6)(H,7,8)/b;2-1+. The number of rotatable bonds is 5. The molecule has 2 aromatic rings. The maximum atomic E-state index is 9.55. The van der Waals surface area contributed by atoms with Crippen LogP contribution in [0.15, 0.2) is 54.6 Å². The monoisotopic (exact) mass is 452 g/mol. The third kappa shape index (κ3) is 5.84. The summed E-state index contributed by atoms with van der Waals surface area (Å²) < 4.78 is 11.6. The van der Waals surface area contributed by atoms with Gasteiger partial charge in [-0.1, -0.05) is 30.3 Å². The fraction of sp³-hybridized carbons (Fsp3) is 0.360. The molecule has 3 N–H and O–H groups in total. The summed E-state index contributed by atoms with van der Waals surface area (Å²) in [5.74, 6) is -0.714. The Labute approximate surface area is 192 Å². The molecule has 0 aromatic heterocycles. The molecule has 1 aliphatic carbocycles. The van der Waals surface area contributed by atoms with Crippen molar-refractivity contribution in [1.29, 1.82) is 0 Å². The van der Waals surface area contributed by atoms with E-state index in [9.17, 15) is 9.59 Å². The molecule has 1 unspecified atom stereocenters. The molecule has 0 amide bonds. The van der Waals surface area contributed by atoms with Crippen LogP contribution in [0.25, 0.3) is 0 Å². The van der Waals surface area contributed by atoms with Gasteiger partial charge in [0, 0.05) is 37.3 Å². The molecule has 0 radical (unpaired) electrons. The van der Waals surface area contributed by atoms with Gasteiger partial charge in [0.25, 0.3) is 0 Å². The van der Waals surface area contributed by atoms with Crippen LogP contribution in [0.4, 0.5) is 5.69 Å². The van der Waals surface area contributed by atoms with Gasteiger partial charge in [0.05, 0.1) is 5.69 Å². The second-order valence-electron chi connectivity index (χ2n) is 8.28. The number of para-hydroxylation sites is 1. The second kappa shape index (κ2) is 10.4. The third-order valence-corrected chi connectivity index (χ3v) is 5.97. The summed E-state index contributed by atoms with van der Waals surface area (Å²) in [5, 5.41) is 19.5. The van der Waals surface area contributed by atoms with Gasteiger partial charge in [-0.25, -0.2) is 9.59 Å². The fourth-order valence-electron chi connectivity index (χ4n) is 4.58. The van der Waals surface area contributed by atoms with E-state index in [0.717, 1.165) is 37.4 Å². The number of benzene rings is 2. The van der Waals surface area contributed by atoms with Crippen LogP contribution in [-0.4, -0.2) is 60.5 Å². The Morgan fingerprint density at radius 3 is 2.24 bits per heavy atom. The van der Waals surface area contributed by atoms with Crippen LogP contribution in [0.3, 0.4) is 0 Å². The highest BCUT2D eigenvalue weighted by atomic mass is 16.6. The molecule has 8 heteroatoms. The number of carboxylic acid groups (broad SMARTS) is 2. The van der Waals surface area contributed by atoms with Crippen molar-refractivity contribution in [1.82, 2.24) is 5.32 Å². The SMILES string of the molecule is O=C(O)/C=C/C(=O)O.c1ccc2c(c1)CC(NC1CCN(c3cccc4c3OCCO4)C1)C2. The maximum absolute atomic E-state index is 9.55. The van der Waals surface area contributed by atoms with E-state index in [-0.39, 0.29) is 0 Å². The summed E-state index contributed by atoms with van der Waals surface area (Å²) in [6, 6.07) is 16.2. The number of anilines is 1. The second-order valence-corrected chi connectivity index (χ2v) is 8.28. The van der Waals surface area contributed by atoms with Gasteiger partial charge in [-0.15, -0.1) is 0 Å². The lowest BCUT2D eigenvalue weighted by Gasteiger charge is -2.26.